The Balaban J connectivity index is 1.27. The van der Waals surface area contributed by atoms with Crippen LogP contribution in [0.4, 0.5) is 0 Å². The number of aliphatic hydroxyl groups excluding tert-OH is 1. The van der Waals surface area contributed by atoms with Crippen LogP contribution in [-0.4, -0.2) is 22.9 Å². The van der Waals surface area contributed by atoms with E-state index < -0.39 is 0 Å². The van der Waals surface area contributed by atoms with Gasteiger partial charge in [0.2, 0.25) is 5.91 Å². The molecule has 4 aliphatic carbocycles. The smallest absolute Gasteiger partial charge is 0.220 e. The molecule has 1 unspecified atom stereocenters. The van der Waals surface area contributed by atoms with Crippen LogP contribution >= 0.6 is 22.9 Å². The van der Waals surface area contributed by atoms with E-state index in [1.54, 1.807) is 11.3 Å². The van der Waals surface area contributed by atoms with Gasteiger partial charge in [-0.1, -0.05) is 39.3 Å². The predicted molar refractivity (Wildman–Crippen MR) is 146 cm³/mol. The van der Waals surface area contributed by atoms with Crippen molar-refractivity contribution in [3.05, 3.63) is 21.3 Å². The van der Waals surface area contributed by atoms with E-state index in [2.05, 4.69) is 33.0 Å². The monoisotopic (exact) mass is 533 g/mol. The lowest BCUT2D eigenvalue weighted by atomic mass is 9.44. The van der Waals surface area contributed by atoms with E-state index in [1.165, 1.54) is 6.42 Å². The molecular weight excluding hydrogens is 490 g/mol. The van der Waals surface area contributed by atoms with Crippen molar-refractivity contribution in [1.29, 1.82) is 0 Å². The van der Waals surface area contributed by atoms with Gasteiger partial charge in [-0.15, -0.1) is 11.3 Å². The Morgan fingerprint density at radius 1 is 1.19 bits per heavy atom. The Kier molecular flexibility index (Phi) is 7.41. The maximum atomic E-state index is 13.1. The molecule has 0 aromatic carbocycles. The number of rotatable bonds is 6. The molecule has 1 amide bonds. The molecule has 0 radical (unpaired) electrons. The van der Waals surface area contributed by atoms with Gasteiger partial charge in [0, 0.05) is 24.1 Å². The molecule has 5 rings (SSSR count). The first kappa shape index (κ1) is 26.7. The number of hydrogen-bond acceptors (Lipinski definition) is 4. The zero-order chi connectivity index (χ0) is 25.8. The zero-order valence-electron chi connectivity index (χ0n) is 22.4. The number of thiophene rings is 1. The van der Waals surface area contributed by atoms with Crippen LogP contribution < -0.4 is 5.32 Å². The number of amides is 1. The van der Waals surface area contributed by atoms with Crippen molar-refractivity contribution < 1.29 is 14.7 Å². The van der Waals surface area contributed by atoms with Crippen molar-refractivity contribution in [2.75, 3.05) is 0 Å². The standard InChI is InChI=1S/C30H44ClNO3S/c1-5-23(25-8-9-26(31)36-25)32-27(35)14-17(2)20-6-7-21-28-22(11-13-30(20,21)4)29(3)12-10-19(33)15-18(29)16-24(28)34/h8-9,17-18,20-24,28,34H,5-7,10-16H2,1-4H3,(H,32,35)/t17-,18+,20?,21+,22+,23-,24-,28+,29+,30-/m1/s1. The van der Waals surface area contributed by atoms with Gasteiger partial charge in [-0.25, -0.2) is 0 Å². The van der Waals surface area contributed by atoms with Crippen LogP contribution in [0.1, 0.15) is 103 Å². The first-order chi connectivity index (χ1) is 17.1. The topological polar surface area (TPSA) is 66.4 Å². The minimum Gasteiger partial charge on any atom is -0.393 e. The molecule has 1 aromatic heterocycles. The second kappa shape index (κ2) is 10.0. The quantitative estimate of drug-likeness (QED) is 0.406. The summed E-state index contributed by atoms with van der Waals surface area (Å²) in [6, 6.07) is 3.95. The van der Waals surface area contributed by atoms with Crippen molar-refractivity contribution >= 4 is 34.6 Å². The van der Waals surface area contributed by atoms with Crippen LogP contribution in [0.15, 0.2) is 12.1 Å². The molecular formula is C30H44ClNO3S. The highest BCUT2D eigenvalue weighted by molar-refractivity contribution is 7.16. The zero-order valence-corrected chi connectivity index (χ0v) is 24.0. The highest BCUT2D eigenvalue weighted by Crippen LogP contribution is 2.68. The largest absolute Gasteiger partial charge is 0.393 e. The summed E-state index contributed by atoms with van der Waals surface area (Å²) >= 11 is 7.68. The Bertz CT molecular complexity index is 995. The van der Waals surface area contributed by atoms with Gasteiger partial charge in [-0.3, -0.25) is 9.59 Å². The maximum Gasteiger partial charge on any atom is 0.220 e. The van der Waals surface area contributed by atoms with Gasteiger partial charge >= 0.3 is 0 Å². The molecule has 0 bridgehead atoms. The van der Waals surface area contributed by atoms with Crippen LogP contribution in [0.25, 0.3) is 0 Å². The third-order valence-corrected chi connectivity index (χ3v) is 12.8. The van der Waals surface area contributed by atoms with Gasteiger partial charge in [0.1, 0.15) is 5.78 Å². The summed E-state index contributed by atoms with van der Waals surface area (Å²) in [6.07, 6.45) is 8.97. The molecule has 36 heavy (non-hydrogen) atoms. The summed E-state index contributed by atoms with van der Waals surface area (Å²) in [6.45, 7) is 9.27. The number of hydrogen-bond donors (Lipinski definition) is 2. The lowest BCUT2D eigenvalue weighted by molar-refractivity contribution is -0.169. The number of carbonyl (C=O) groups is 2. The average molecular weight is 534 g/mol. The highest BCUT2D eigenvalue weighted by Gasteiger charge is 2.62. The average Bonchev–Trinajstić information content (AvgIpc) is 3.41. The summed E-state index contributed by atoms with van der Waals surface area (Å²) in [5.41, 5.74) is 0.379. The van der Waals surface area contributed by atoms with Crippen LogP contribution in [0.5, 0.6) is 0 Å². The van der Waals surface area contributed by atoms with Crippen molar-refractivity contribution in [3.8, 4) is 0 Å². The van der Waals surface area contributed by atoms with Crippen molar-refractivity contribution in [3.63, 3.8) is 0 Å². The van der Waals surface area contributed by atoms with E-state index in [1.807, 2.05) is 12.1 Å². The fraction of sp³-hybridized carbons (Fsp3) is 0.800. The molecule has 0 aliphatic heterocycles. The van der Waals surface area contributed by atoms with Gasteiger partial charge in [0.05, 0.1) is 16.5 Å². The molecule has 0 spiro atoms. The van der Waals surface area contributed by atoms with E-state index in [-0.39, 0.29) is 28.9 Å². The summed E-state index contributed by atoms with van der Waals surface area (Å²) in [4.78, 5) is 26.5. The fourth-order valence-electron chi connectivity index (χ4n) is 9.57. The minimum atomic E-state index is -0.288. The SMILES string of the molecule is CC[C@@H](NC(=O)C[C@@H](C)C1CC[C@H]2[C@@H]3[C@H](O)C[C@@H]4CC(=O)CC[C@]4(C)[C@H]3CC[C@]12C)c1ccc(Cl)s1. The van der Waals surface area contributed by atoms with E-state index >= 15 is 0 Å². The van der Waals surface area contributed by atoms with Crippen molar-refractivity contribution in [1.82, 2.24) is 5.32 Å². The van der Waals surface area contributed by atoms with Crippen molar-refractivity contribution in [2.24, 2.45) is 46.3 Å². The second-order valence-corrected chi connectivity index (χ2v) is 14.9. The number of Topliss-reactive ketones (excluding diaryl/α,β-unsaturated/α-hetero) is 1. The normalized spacial score (nSPS) is 41.7. The molecule has 4 saturated carbocycles. The summed E-state index contributed by atoms with van der Waals surface area (Å²) < 4.78 is 0.761. The molecule has 1 heterocycles. The van der Waals surface area contributed by atoms with Crippen LogP contribution in [0, 0.1) is 46.3 Å². The Morgan fingerprint density at radius 3 is 2.64 bits per heavy atom. The number of aliphatic hydroxyl groups is 1. The Labute approximate surface area is 226 Å². The van der Waals surface area contributed by atoms with Crippen molar-refractivity contribution in [2.45, 2.75) is 104 Å². The van der Waals surface area contributed by atoms with E-state index in [9.17, 15) is 14.7 Å². The first-order valence-electron chi connectivity index (χ1n) is 14.3. The van der Waals surface area contributed by atoms with Gasteiger partial charge in [-0.05, 0) is 103 Å². The fourth-order valence-corrected chi connectivity index (χ4v) is 10.8. The molecule has 6 heteroatoms. The highest BCUT2D eigenvalue weighted by atomic mass is 35.5. The summed E-state index contributed by atoms with van der Waals surface area (Å²) in [5.74, 6) is 3.10. The molecule has 1 aromatic rings. The second-order valence-electron chi connectivity index (χ2n) is 13.1. The van der Waals surface area contributed by atoms with E-state index in [0.29, 0.717) is 54.1 Å². The van der Waals surface area contributed by atoms with Gasteiger partial charge in [0.15, 0.2) is 0 Å². The van der Waals surface area contributed by atoms with Crippen LogP contribution in [-0.2, 0) is 9.59 Å². The molecule has 0 saturated heterocycles. The molecule has 2 N–H and O–H groups in total. The van der Waals surface area contributed by atoms with E-state index in [0.717, 1.165) is 54.2 Å². The Hall–Kier alpha value is -0.910. The first-order valence-corrected chi connectivity index (χ1v) is 15.5. The Morgan fingerprint density at radius 2 is 1.94 bits per heavy atom. The number of fused-ring (bicyclic) bond motifs is 5. The van der Waals surface area contributed by atoms with Crippen LogP contribution in [0.3, 0.4) is 0 Å². The maximum absolute atomic E-state index is 13.1. The number of halogens is 1. The van der Waals surface area contributed by atoms with Gasteiger partial charge < -0.3 is 10.4 Å². The number of ketones is 1. The lowest BCUT2D eigenvalue weighted by Crippen LogP contribution is -2.58. The summed E-state index contributed by atoms with van der Waals surface area (Å²) in [5, 5.41) is 14.7. The third-order valence-electron chi connectivity index (χ3n) is 11.4. The third kappa shape index (κ3) is 4.49. The summed E-state index contributed by atoms with van der Waals surface area (Å²) in [7, 11) is 0. The molecule has 200 valence electrons. The van der Waals surface area contributed by atoms with E-state index in [4.69, 9.17) is 11.6 Å². The number of nitrogens with one attached hydrogen (secondary N) is 1. The van der Waals surface area contributed by atoms with Gasteiger partial charge in [-0.2, -0.15) is 0 Å². The van der Waals surface area contributed by atoms with Crippen LogP contribution in [0.2, 0.25) is 4.34 Å². The molecule has 4 nitrogen and oxygen atoms in total. The predicted octanol–water partition coefficient (Wildman–Crippen LogP) is 7.19. The van der Waals surface area contributed by atoms with Gasteiger partial charge in [0.25, 0.3) is 0 Å². The molecule has 10 atom stereocenters. The minimum absolute atomic E-state index is 0.0259. The lowest BCUT2D eigenvalue weighted by Gasteiger charge is -2.61. The molecule has 4 fully saturated rings. The molecule has 4 aliphatic rings. The number of carbonyl (C=O) groups excluding carboxylic acids is 2.